The zero-order valence-corrected chi connectivity index (χ0v) is 14.4. The van der Waals surface area contributed by atoms with Crippen molar-refractivity contribution in [2.24, 2.45) is 0 Å². The largest absolute Gasteiger partial charge is 0.360 e. The molecule has 23 heavy (non-hydrogen) atoms. The molecule has 0 fully saturated rings. The van der Waals surface area contributed by atoms with Crippen LogP contribution in [0, 0.1) is 0 Å². The lowest BCUT2D eigenvalue weighted by atomic mass is 10.1. The average molecular weight is 315 g/mol. The molecule has 0 radical (unpaired) electrons. The predicted molar refractivity (Wildman–Crippen MR) is 91.9 cm³/mol. The standard InChI is InChI=1S/C18H25N3O2/c1-5-15-17(16(6-2)23-19-15)18(22)21(13-12-20(3)4)14-10-8-7-9-11-14/h7-11H,5-6,12-13H2,1-4H3. The van der Waals surface area contributed by atoms with Crippen LogP contribution in [0.4, 0.5) is 5.69 Å². The van der Waals surface area contributed by atoms with Gasteiger partial charge in [-0.2, -0.15) is 0 Å². The zero-order valence-electron chi connectivity index (χ0n) is 14.4. The van der Waals surface area contributed by atoms with Crippen LogP contribution in [0.3, 0.4) is 0 Å². The Morgan fingerprint density at radius 2 is 1.78 bits per heavy atom. The second-order valence-electron chi connectivity index (χ2n) is 5.73. The molecule has 0 unspecified atom stereocenters. The fourth-order valence-corrected chi connectivity index (χ4v) is 2.48. The minimum Gasteiger partial charge on any atom is -0.360 e. The number of hydrogen-bond donors (Lipinski definition) is 0. The van der Waals surface area contributed by atoms with Crippen molar-refractivity contribution < 1.29 is 9.32 Å². The van der Waals surface area contributed by atoms with Gasteiger partial charge >= 0.3 is 0 Å². The Morgan fingerprint density at radius 1 is 1.09 bits per heavy atom. The summed E-state index contributed by atoms with van der Waals surface area (Å²) in [4.78, 5) is 17.1. The molecule has 1 heterocycles. The Kier molecular flexibility index (Phi) is 5.93. The molecular formula is C18H25N3O2. The van der Waals surface area contributed by atoms with Crippen LogP contribution in [0.5, 0.6) is 0 Å². The van der Waals surface area contributed by atoms with Crippen LogP contribution in [0.2, 0.25) is 0 Å². The molecule has 0 aliphatic rings. The molecule has 2 aromatic rings. The van der Waals surface area contributed by atoms with Crippen LogP contribution in [0.25, 0.3) is 0 Å². The van der Waals surface area contributed by atoms with Crippen LogP contribution in [-0.4, -0.2) is 43.1 Å². The number of aromatic nitrogens is 1. The van der Waals surface area contributed by atoms with E-state index in [-0.39, 0.29) is 5.91 Å². The van der Waals surface area contributed by atoms with E-state index in [1.165, 1.54) is 0 Å². The number of carbonyl (C=O) groups excluding carboxylic acids is 1. The molecule has 1 aromatic heterocycles. The lowest BCUT2D eigenvalue weighted by Gasteiger charge is -2.24. The molecule has 0 spiro atoms. The van der Waals surface area contributed by atoms with Gasteiger partial charge < -0.3 is 14.3 Å². The first-order valence-electron chi connectivity index (χ1n) is 8.07. The maximum atomic E-state index is 13.2. The smallest absolute Gasteiger partial charge is 0.263 e. The molecule has 0 bridgehead atoms. The van der Waals surface area contributed by atoms with Crippen molar-refractivity contribution in [3.05, 3.63) is 47.3 Å². The van der Waals surface area contributed by atoms with Crippen molar-refractivity contribution in [3.63, 3.8) is 0 Å². The van der Waals surface area contributed by atoms with E-state index in [1.807, 2.05) is 63.2 Å². The van der Waals surface area contributed by atoms with Gasteiger partial charge in [-0.15, -0.1) is 0 Å². The number of aryl methyl sites for hydroxylation is 2. The third-order valence-electron chi connectivity index (χ3n) is 3.79. The lowest BCUT2D eigenvalue weighted by molar-refractivity contribution is 0.0982. The summed E-state index contributed by atoms with van der Waals surface area (Å²) in [5, 5.41) is 4.06. The Bertz CT molecular complexity index is 613. The van der Waals surface area contributed by atoms with Gasteiger partial charge in [0.15, 0.2) is 0 Å². The van der Waals surface area contributed by atoms with E-state index >= 15 is 0 Å². The Labute approximate surface area is 137 Å². The topological polar surface area (TPSA) is 49.6 Å². The summed E-state index contributed by atoms with van der Waals surface area (Å²) in [6.07, 6.45) is 1.34. The maximum Gasteiger partial charge on any atom is 0.263 e. The summed E-state index contributed by atoms with van der Waals surface area (Å²) in [6.45, 7) is 5.37. The van der Waals surface area contributed by atoms with E-state index in [0.717, 1.165) is 17.9 Å². The summed E-state index contributed by atoms with van der Waals surface area (Å²) in [7, 11) is 4.00. The predicted octanol–water partition coefficient (Wildman–Crippen LogP) is 3.01. The van der Waals surface area contributed by atoms with Crippen molar-refractivity contribution >= 4 is 11.6 Å². The van der Waals surface area contributed by atoms with E-state index in [0.29, 0.717) is 30.7 Å². The fourth-order valence-electron chi connectivity index (χ4n) is 2.48. The van der Waals surface area contributed by atoms with Gasteiger partial charge in [0.1, 0.15) is 11.3 Å². The van der Waals surface area contributed by atoms with Gasteiger partial charge in [0.2, 0.25) is 0 Å². The minimum atomic E-state index is -0.0343. The second-order valence-corrected chi connectivity index (χ2v) is 5.73. The normalized spacial score (nSPS) is 11.0. The highest BCUT2D eigenvalue weighted by atomic mass is 16.5. The molecule has 0 aliphatic carbocycles. The summed E-state index contributed by atoms with van der Waals surface area (Å²) in [5.74, 6) is 0.630. The highest BCUT2D eigenvalue weighted by Crippen LogP contribution is 2.22. The number of hydrogen-bond acceptors (Lipinski definition) is 4. The van der Waals surface area contributed by atoms with Gasteiger partial charge in [-0.3, -0.25) is 4.79 Å². The minimum absolute atomic E-state index is 0.0343. The number of amides is 1. The SMILES string of the molecule is CCc1noc(CC)c1C(=O)N(CCN(C)C)c1ccccc1. The monoisotopic (exact) mass is 315 g/mol. The summed E-state index contributed by atoms with van der Waals surface area (Å²) >= 11 is 0. The molecule has 0 atom stereocenters. The first-order valence-corrected chi connectivity index (χ1v) is 8.07. The van der Waals surface area contributed by atoms with Crippen molar-refractivity contribution in [1.29, 1.82) is 0 Å². The highest BCUT2D eigenvalue weighted by Gasteiger charge is 2.26. The molecule has 0 aliphatic heterocycles. The van der Waals surface area contributed by atoms with Crippen molar-refractivity contribution in [3.8, 4) is 0 Å². The summed E-state index contributed by atoms with van der Waals surface area (Å²) < 4.78 is 5.36. The van der Waals surface area contributed by atoms with Crippen LogP contribution < -0.4 is 4.90 Å². The first-order chi connectivity index (χ1) is 11.1. The molecule has 0 N–H and O–H groups in total. The molecule has 2 rings (SSSR count). The number of anilines is 1. The first kappa shape index (κ1) is 17.2. The molecule has 124 valence electrons. The van der Waals surface area contributed by atoms with Gasteiger partial charge in [-0.1, -0.05) is 37.2 Å². The van der Waals surface area contributed by atoms with Crippen molar-refractivity contribution in [2.45, 2.75) is 26.7 Å². The van der Waals surface area contributed by atoms with Gasteiger partial charge in [-0.05, 0) is 32.6 Å². The van der Waals surface area contributed by atoms with Gasteiger partial charge in [0.25, 0.3) is 5.91 Å². The summed E-state index contributed by atoms with van der Waals surface area (Å²) in [6, 6.07) is 9.75. The average Bonchev–Trinajstić information content (AvgIpc) is 2.98. The van der Waals surface area contributed by atoms with Crippen molar-refractivity contribution in [2.75, 3.05) is 32.1 Å². The Morgan fingerprint density at radius 3 is 2.35 bits per heavy atom. The lowest BCUT2D eigenvalue weighted by Crippen LogP contribution is -2.37. The third-order valence-corrected chi connectivity index (χ3v) is 3.79. The third kappa shape index (κ3) is 3.99. The number of para-hydroxylation sites is 1. The highest BCUT2D eigenvalue weighted by molar-refractivity contribution is 6.07. The van der Waals surface area contributed by atoms with Crippen LogP contribution in [0.1, 0.15) is 35.7 Å². The number of rotatable bonds is 7. The molecule has 5 nitrogen and oxygen atoms in total. The van der Waals surface area contributed by atoms with E-state index in [2.05, 4.69) is 10.1 Å². The quantitative estimate of drug-likeness (QED) is 0.788. The Balaban J connectivity index is 2.39. The van der Waals surface area contributed by atoms with E-state index in [4.69, 9.17) is 4.52 Å². The fraction of sp³-hybridized carbons (Fsp3) is 0.444. The molecule has 1 aromatic carbocycles. The van der Waals surface area contributed by atoms with Crippen LogP contribution in [-0.2, 0) is 12.8 Å². The van der Waals surface area contributed by atoms with Crippen LogP contribution >= 0.6 is 0 Å². The summed E-state index contributed by atoms with van der Waals surface area (Å²) in [5.41, 5.74) is 2.25. The number of likely N-dealkylation sites (N-methyl/N-ethyl adjacent to an activating group) is 1. The van der Waals surface area contributed by atoms with Gasteiger partial charge in [0, 0.05) is 25.2 Å². The van der Waals surface area contributed by atoms with Gasteiger partial charge in [0.05, 0.1) is 5.69 Å². The number of nitrogens with zero attached hydrogens (tertiary/aromatic N) is 3. The molecule has 5 heteroatoms. The molecule has 0 saturated heterocycles. The van der Waals surface area contributed by atoms with Crippen molar-refractivity contribution in [1.82, 2.24) is 10.1 Å². The molecule has 0 saturated carbocycles. The van der Waals surface area contributed by atoms with E-state index < -0.39 is 0 Å². The molecular weight excluding hydrogens is 290 g/mol. The maximum absolute atomic E-state index is 13.2. The van der Waals surface area contributed by atoms with Crippen LogP contribution in [0.15, 0.2) is 34.9 Å². The number of benzene rings is 1. The van der Waals surface area contributed by atoms with E-state index in [1.54, 1.807) is 0 Å². The molecule has 1 amide bonds. The Hall–Kier alpha value is -2.14. The zero-order chi connectivity index (χ0) is 16.8. The van der Waals surface area contributed by atoms with E-state index in [9.17, 15) is 4.79 Å². The second kappa shape index (κ2) is 7.92. The van der Waals surface area contributed by atoms with Gasteiger partial charge in [-0.25, -0.2) is 0 Å². The number of carbonyl (C=O) groups is 1.